The zero-order chi connectivity index (χ0) is 16.4. The molecule has 0 saturated carbocycles. The third-order valence-electron chi connectivity index (χ3n) is 4.07. The number of carbonyl (C=O) groups excluding carboxylic acids is 2. The first-order valence-corrected chi connectivity index (χ1v) is 7.41. The number of benzene rings is 2. The second-order valence-corrected chi connectivity index (χ2v) is 5.52. The number of carbonyl (C=O) groups is 2. The number of ether oxygens (including phenoxy) is 1. The minimum absolute atomic E-state index is 0.230. The fourth-order valence-electron chi connectivity index (χ4n) is 3.00. The van der Waals surface area contributed by atoms with Gasteiger partial charge in [0.05, 0.1) is 6.61 Å². The van der Waals surface area contributed by atoms with Crippen LogP contribution in [0.5, 0.6) is 0 Å². The van der Waals surface area contributed by atoms with Crippen LogP contribution in [-0.4, -0.2) is 25.0 Å². The Bertz CT molecular complexity index is 757. The highest BCUT2D eigenvalue weighted by Crippen LogP contribution is 2.33. The third kappa shape index (κ3) is 2.71. The van der Waals surface area contributed by atoms with Gasteiger partial charge in [0.25, 0.3) is 5.91 Å². The van der Waals surface area contributed by atoms with Crippen molar-refractivity contribution in [1.82, 2.24) is 0 Å². The molecular weight excluding hydrogens is 292 g/mol. The maximum Gasteiger partial charge on any atom is 0.259 e. The van der Waals surface area contributed by atoms with E-state index < -0.39 is 11.9 Å². The largest absolute Gasteiger partial charge is 0.380 e. The monoisotopic (exact) mass is 310 g/mol. The van der Waals surface area contributed by atoms with Crippen LogP contribution in [0.2, 0.25) is 0 Å². The van der Waals surface area contributed by atoms with Crippen LogP contribution in [0.1, 0.15) is 21.5 Å². The minimum Gasteiger partial charge on any atom is -0.380 e. The number of hydrogen-bond donors (Lipinski definition) is 1. The number of nitrogens with two attached hydrogens (primary N) is 1. The van der Waals surface area contributed by atoms with E-state index in [2.05, 4.69) is 0 Å². The van der Waals surface area contributed by atoms with E-state index >= 15 is 0 Å². The Kier molecular flexibility index (Phi) is 4.12. The normalized spacial score (nSPS) is 16.2. The van der Waals surface area contributed by atoms with Gasteiger partial charge in [-0.1, -0.05) is 36.4 Å². The number of nitrogens with zero attached hydrogens (tertiary/aromatic N) is 1. The number of hydrogen-bond acceptors (Lipinski definition) is 3. The first-order chi connectivity index (χ1) is 11.1. The lowest BCUT2D eigenvalue weighted by atomic mass is 10.1. The van der Waals surface area contributed by atoms with Gasteiger partial charge in [-0.3, -0.25) is 14.5 Å². The van der Waals surface area contributed by atoms with Gasteiger partial charge >= 0.3 is 0 Å². The van der Waals surface area contributed by atoms with E-state index in [0.29, 0.717) is 18.6 Å². The number of fused-ring (bicyclic) bond motifs is 1. The molecule has 2 aromatic carbocycles. The van der Waals surface area contributed by atoms with Crippen LogP contribution in [0.25, 0.3) is 0 Å². The van der Waals surface area contributed by atoms with E-state index in [0.717, 1.165) is 16.8 Å². The summed E-state index contributed by atoms with van der Waals surface area (Å²) in [6.07, 6.45) is 0.448. The minimum atomic E-state index is -0.657. The Morgan fingerprint density at radius 3 is 2.61 bits per heavy atom. The van der Waals surface area contributed by atoms with Crippen molar-refractivity contribution in [3.8, 4) is 0 Å². The van der Waals surface area contributed by atoms with Crippen molar-refractivity contribution in [3.63, 3.8) is 0 Å². The fraction of sp³-hybridized carbons (Fsp3) is 0.222. The first kappa shape index (κ1) is 15.2. The van der Waals surface area contributed by atoms with Crippen LogP contribution in [0, 0.1) is 0 Å². The number of methoxy groups -OCH3 is 1. The van der Waals surface area contributed by atoms with E-state index in [4.69, 9.17) is 10.5 Å². The molecule has 0 radical (unpaired) electrons. The lowest BCUT2D eigenvalue weighted by molar-refractivity contribution is -0.119. The molecule has 3 rings (SSSR count). The second kappa shape index (κ2) is 6.22. The Hall–Kier alpha value is -2.66. The van der Waals surface area contributed by atoms with Gasteiger partial charge in [0, 0.05) is 24.8 Å². The van der Waals surface area contributed by atoms with Crippen LogP contribution < -0.4 is 10.6 Å². The number of primary amides is 1. The average molecular weight is 310 g/mol. The van der Waals surface area contributed by atoms with Crippen molar-refractivity contribution < 1.29 is 14.3 Å². The summed E-state index contributed by atoms with van der Waals surface area (Å²) in [6, 6.07) is 14.1. The summed E-state index contributed by atoms with van der Waals surface area (Å²) < 4.78 is 5.16. The Balaban J connectivity index is 2.05. The van der Waals surface area contributed by atoms with E-state index in [1.807, 2.05) is 36.4 Å². The molecule has 2 amide bonds. The summed E-state index contributed by atoms with van der Waals surface area (Å²) >= 11 is 0. The molecule has 0 spiro atoms. The molecule has 1 heterocycles. The molecule has 1 aliphatic heterocycles. The zero-order valence-corrected chi connectivity index (χ0v) is 12.9. The van der Waals surface area contributed by atoms with Gasteiger partial charge < -0.3 is 10.5 Å². The van der Waals surface area contributed by atoms with Crippen molar-refractivity contribution in [2.24, 2.45) is 5.73 Å². The van der Waals surface area contributed by atoms with Crippen molar-refractivity contribution in [2.45, 2.75) is 19.1 Å². The molecule has 0 saturated heterocycles. The molecule has 0 fully saturated rings. The van der Waals surface area contributed by atoms with E-state index in [1.54, 1.807) is 19.2 Å². The Morgan fingerprint density at radius 2 is 1.87 bits per heavy atom. The molecule has 23 heavy (non-hydrogen) atoms. The predicted octanol–water partition coefficient (Wildman–Crippen LogP) is 1.89. The maximum absolute atomic E-state index is 13.1. The summed E-state index contributed by atoms with van der Waals surface area (Å²) in [4.78, 5) is 26.4. The summed E-state index contributed by atoms with van der Waals surface area (Å²) in [7, 11) is 1.58. The summed E-state index contributed by atoms with van der Waals surface area (Å²) in [5, 5.41) is 0. The zero-order valence-electron chi connectivity index (χ0n) is 12.9. The van der Waals surface area contributed by atoms with Crippen molar-refractivity contribution in [2.75, 3.05) is 12.0 Å². The van der Waals surface area contributed by atoms with E-state index in [9.17, 15) is 9.59 Å². The van der Waals surface area contributed by atoms with Gasteiger partial charge in [-0.25, -0.2) is 0 Å². The van der Waals surface area contributed by atoms with Gasteiger partial charge in [-0.05, 0) is 23.3 Å². The van der Waals surface area contributed by atoms with Crippen LogP contribution in [0.3, 0.4) is 0 Å². The molecule has 5 nitrogen and oxygen atoms in total. The molecular formula is C18H18N2O3. The summed E-state index contributed by atoms with van der Waals surface area (Å²) in [5.74, 6) is -0.731. The quantitative estimate of drug-likeness (QED) is 0.937. The standard InChI is InChI=1S/C18H18N2O3/c1-23-11-13-7-2-4-8-14(13)18(22)20-15-9-5-3-6-12(15)10-16(20)17(19)21/h2-9,16H,10-11H2,1H3,(H2,19,21)/t16-/m0/s1. The van der Waals surface area contributed by atoms with Crippen molar-refractivity contribution in [1.29, 1.82) is 0 Å². The van der Waals surface area contributed by atoms with Crippen LogP contribution in [-0.2, 0) is 22.6 Å². The van der Waals surface area contributed by atoms with E-state index in [-0.39, 0.29) is 5.91 Å². The van der Waals surface area contributed by atoms with Crippen LogP contribution >= 0.6 is 0 Å². The molecule has 1 aliphatic rings. The highest BCUT2D eigenvalue weighted by molar-refractivity contribution is 6.12. The van der Waals surface area contributed by atoms with Gasteiger partial charge in [0.15, 0.2) is 0 Å². The number of rotatable bonds is 4. The molecule has 2 N–H and O–H groups in total. The summed E-state index contributed by atoms with van der Waals surface area (Å²) in [6.45, 7) is 0.332. The average Bonchev–Trinajstić information content (AvgIpc) is 2.95. The summed E-state index contributed by atoms with van der Waals surface area (Å²) in [5.41, 5.74) is 8.53. The smallest absolute Gasteiger partial charge is 0.259 e. The molecule has 5 heteroatoms. The van der Waals surface area contributed by atoms with E-state index in [1.165, 1.54) is 4.90 Å². The molecule has 2 aromatic rings. The molecule has 0 aromatic heterocycles. The molecule has 1 atom stereocenters. The first-order valence-electron chi connectivity index (χ1n) is 7.41. The second-order valence-electron chi connectivity index (χ2n) is 5.52. The molecule has 0 bridgehead atoms. The van der Waals surface area contributed by atoms with Crippen LogP contribution in [0.15, 0.2) is 48.5 Å². The number of para-hydroxylation sites is 1. The van der Waals surface area contributed by atoms with Gasteiger partial charge in [-0.15, -0.1) is 0 Å². The van der Waals surface area contributed by atoms with Gasteiger partial charge in [-0.2, -0.15) is 0 Å². The number of amides is 2. The van der Waals surface area contributed by atoms with Crippen molar-refractivity contribution >= 4 is 17.5 Å². The molecule has 0 aliphatic carbocycles. The Labute approximate surface area is 134 Å². The van der Waals surface area contributed by atoms with Gasteiger partial charge in [0.2, 0.25) is 5.91 Å². The predicted molar refractivity (Wildman–Crippen MR) is 87.1 cm³/mol. The third-order valence-corrected chi connectivity index (χ3v) is 4.07. The Morgan fingerprint density at radius 1 is 1.17 bits per heavy atom. The fourth-order valence-corrected chi connectivity index (χ4v) is 3.00. The molecule has 0 unspecified atom stereocenters. The van der Waals surface area contributed by atoms with Gasteiger partial charge in [0.1, 0.15) is 6.04 Å². The lowest BCUT2D eigenvalue weighted by Crippen LogP contribution is -2.46. The lowest BCUT2D eigenvalue weighted by Gasteiger charge is -2.24. The highest BCUT2D eigenvalue weighted by Gasteiger charge is 2.37. The van der Waals surface area contributed by atoms with Crippen LogP contribution in [0.4, 0.5) is 5.69 Å². The maximum atomic E-state index is 13.1. The SMILES string of the molecule is COCc1ccccc1C(=O)N1c2ccccc2C[C@H]1C(N)=O. The van der Waals surface area contributed by atoms with Crippen molar-refractivity contribution in [3.05, 3.63) is 65.2 Å². The highest BCUT2D eigenvalue weighted by atomic mass is 16.5. The topological polar surface area (TPSA) is 72.6 Å². The number of anilines is 1. The molecule has 118 valence electrons.